The summed E-state index contributed by atoms with van der Waals surface area (Å²) in [6, 6.07) is 8.11. The quantitative estimate of drug-likeness (QED) is 0.632. The number of hydrogen-bond acceptors (Lipinski definition) is 5. The number of halogens is 2. The van der Waals surface area contributed by atoms with Crippen molar-refractivity contribution in [2.24, 2.45) is 0 Å². The van der Waals surface area contributed by atoms with E-state index in [0.29, 0.717) is 28.5 Å². The average Bonchev–Trinajstić information content (AvgIpc) is 3.22. The van der Waals surface area contributed by atoms with E-state index >= 15 is 0 Å². The summed E-state index contributed by atoms with van der Waals surface area (Å²) >= 11 is 0. The molecule has 2 N–H and O–H groups in total. The lowest BCUT2D eigenvalue weighted by molar-refractivity contribution is 0.0945. The summed E-state index contributed by atoms with van der Waals surface area (Å²) in [5.74, 6) is -0.562. The summed E-state index contributed by atoms with van der Waals surface area (Å²) in [7, 11) is 4.50. The minimum atomic E-state index is -0.729. The Morgan fingerprint density at radius 2 is 1.72 bits per heavy atom. The molecule has 0 fully saturated rings. The molecule has 0 aliphatic rings. The largest absolute Gasteiger partial charge is 0.493 e. The summed E-state index contributed by atoms with van der Waals surface area (Å²) in [4.78, 5) is 12.3. The highest BCUT2D eigenvalue weighted by Gasteiger charge is 2.17. The van der Waals surface area contributed by atoms with E-state index < -0.39 is 17.5 Å². The highest BCUT2D eigenvalue weighted by Crippen LogP contribution is 2.40. The van der Waals surface area contributed by atoms with E-state index in [-0.39, 0.29) is 17.8 Å². The molecule has 1 aromatic heterocycles. The number of carbonyl (C=O) groups excluding carboxylic acids is 1. The van der Waals surface area contributed by atoms with Gasteiger partial charge in [-0.1, -0.05) is 6.07 Å². The third kappa shape index (κ3) is 4.29. The van der Waals surface area contributed by atoms with E-state index in [2.05, 4.69) is 15.5 Å². The number of ether oxygens (including phenoxy) is 3. The first kappa shape index (κ1) is 20.1. The second-order valence-electron chi connectivity index (χ2n) is 6.00. The van der Waals surface area contributed by atoms with Crippen LogP contribution in [0.1, 0.15) is 16.1 Å². The maximum Gasteiger partial charge on any atom is 0.269 e. The Kier molecular flexibility index (Phi) is 5.96. The number of hydrogen-bond donors (Lipinski definition) is 2. The van der Waals surface area contributed by atoms with Gasteiger partial charge in [0.05, 0.1) is 27.0 Å². The number of rotatable bonds is 7. The van der Waals surface area contributed by atoms with Crippen molar-refractivity contribution in [1.82, 2.24) is 15.5 Å². The minimum Gasteiger partial charge on any atom is -0.493 e. The standard InChI is InChI=1S/C20H19F2N3O4/c1-27-17-6-12(7-18(28-2)19(17)29-3)15-9-16(25-24-15)20(26)23-10-11-4-5-13(21)8-14(11)22/h4-9H,10H2,1-3H3,(H,23,26)(H,24,25). The van der Waals surface area contributed by atoms with Crippen LogP contribution in [0.2, 0.25) is 0 Å². The summed E-state index contributed by atoms with van der Waals surface area (Å²) in [6.07, 6.45) is 0. The van der Waals surface area contributed by atoms with Crippen molar-refractivity contribution in [3.8, 4) is 28.5 Å². The Hall–Kier alpha value is -3.62. The van der Waals surface area contributed by atoms with E-state index in [4.69, 9.17) is 14.2 Å². The first-order chi connectivity index (χ1) is 14.0. The number of amides is 1. The van der Waals surface area contributed by atoms with Crippen LogP contribution in [0.5, 0.6) is 17.2 Å². The van der Waals surface area contributed by atoms with Crippen LogP contribution in [-0.2, 0) is 6.54 Å². The van der Waals surface area contributed by atoms with Gasteiger partial charge in [0.15, 0.2) is 11.5 Å². The number of nitrogens with one attached hydrogen (secondary N) is 2. The third-order valence-electron chi connectivity index (χ3n) is 4.24. The Morgan fingerprint density at radius 1 is 1.03 bits per heavy atom. The van der Waals surface area contributed by atoms with Gasteiger partial charge in [-0.15, -0.1) is 0 Å². The van der Waals surface area contributed by atoms with Crippen LogP contribution in [0.3, 0.4) is 0 Å². The lowest BCUT2D eigenvalue weighted by atomic mass is 10.1. The van der Waals surface area contributed by atoms with Crippen molar-refractivity contribution in [3.63, 3.8) is 0 Å². The highest BCUT2D eigenvalue weighted by molar-refractivity contribution is 5.93. The van der Waals surface area contributed by atoms with Gasteiger partial charge in [0.2, 0.25) is 5.75 Å². The third-order valence-corrected chi connectivity index (χ3v) is 4.24. The van der Waals surface area contributed by atoms with Gasteiger partial charge in [0, 0.05) is 23.7 Å². The molecule has 3 aromatic rings. The van der Waals surface area contributed by atoms with E-state index in [1.54, 1.807) is 12.1 Å². The Bertz CT molecular complexity index is 1010. The molecule has 0 radical (unpaired) electrons. The second kappa shape index (κ2) is 8.59. The average molecular weight is 403 g/mol. The Morgan fingerprint density at radius 3 is 2.31 bits per heavy atom. The van der Waals surface area contributed by atoms with Crippen molar-refractivity contribution in [1.29, 1.82) is 0 Å². The summed E-state index contributed by atoms with van der Waals surface area (Å²) in [6.45, 7) is -0.0938. The second-order valence-corrected chi connectivity index (χ2v) is 6.00. The maximum atomic E-state index is 13.7. The monoisotopic (exact) mass is 403 g/mol. The smallest absolute Gasteiger partial charge is 0.269 e. The van der Waals surface area contributed by atoms with E-state index in [0.717, 1.165) is 12.1 Å². The summed E-state index contributed by atoms with van der Waals surface area (Å²) in [5, 5.41) is 9.34. The summed E-state index contributed by atoms with van der Waals surface area (Å²) in [5.41, 5.74) is 1.46. The zero-order chi connectivity index (χ0) is 21.0. The predicted octanol–water partition coefficient (Wildman–Crippen LogP) is 3.31. The number of aromatic nitrogens is 2. The van der Waals surface area contributed by atoms with E-state index in [9.17, 15) is 13.6 Å². The lowest BCUT2D eigenvalue weighted by Crippen LogP contribution is -2.23. The van der Waals surface area contributed by atoms with E-state index in [1.807, 2.05) is 0 Å². The molecule has 0 atom stereocenters. The molecule has 7 nitrogen and oxygen atoms in total. The number of H-pyrrole nitrogens is 1. The molecule has 9 heteroatoms. The van der Waals surface area contributed by atoms with Gasteiger partial charge < -0.3 is 19.5 Å². The SMILES string of the molecule is COc1cc(-c2cc(C(=O)NCc3ccc(F)cc3F)[nH]n2)cc(OC)c1OC. The van der Waals surface area contributed by atoms with Crippen molar-refractivity contribution < 1.29 is 27.8 Å². The molecule has 0 aliphatic carbocycles. The van der Waals surface area contributed by atoms with E-state index in [1.165, 1.54) is 33.5 Å². The van der Waals surface area contributed by atoms with Crippen molar-refractivity contribution in [2.45, 2.75) is 6.54 Å². The fourth-order valence-corrected chi connectivity index (χ4v) is 2.75. The number of benzene rings is 2. The van der Waals surface area contributed by atoms with Gasteiger partial charge in [-0.05, 0) is 24.3 Å². The van der Waals surface area contributed by atoms with Gasteiger partial charge in [0.1, 0.15) is 17.3 Å². The highest BCUT2D eigenvalue weighted by atomic mass is 19.1. The van der Waals surface area contributed by atoms with Crippen molar-refractivity contribution >= 4 is 5.91 Å². The van der Waals surface area contributed by atoms with Crippen LogP contribution in [-0.4, -0.2) is 37.4 Å². The predicted molar refractivity (Wildman–Crippen MR) is 101 cm³/mol. The van der Waals surface area contributed by atoms with Crippen LogP contribution >= 0.6 is 0 Å². The van der Waals surface area contributed by atoms with Crippen molar-refractivity contribution in [2.75, 3.05) is 21.3 Å². The van der Waals surface area contributed by atoms with Gasteiger partial charge in [-0.2, -0.15) is 5.10 Å². The molecule has 152 valence electrons. The van der Waals surface area contributed by atoms with Gasteiger partial charge in [0.25, 0.3) is 5.91 Å². The molecule has 3 rings (SSSR count). The van der Waals surface area contributed by atoms with Crippen LogP contribution in [0.4, 0.5) is 8.78 Å². The molecule has 0 saturated heterocycles. The van der Waals surface area contributed by atoms with Crippen LogP contribution in [0, 0.1) is 11.6 Å². The summed E-state index contributed by atoms with van der Waals surface area (Å²) < 4.78 is 42.6. The zero-order valence-electron chi connectivity index (χ0n) is 16.0. The molecule has 2 aromatic carbocycles. The minimum absolute atomic E-state index is 0.0938. The molecular weight excluding hydrogens is 384 g/mol. The van der Waals surface area contributed by atoms with Gasteiger partial charge >= 0.3 is 0 Å². The fourth-order valence-electron chi connectivity index (χ4n) is 2.75. The normalized spacial score (nSPS) is 10.5. The zero-order valence-corrected chi connectivity index (χ0v) is 16.0. The fraction of sp³-hybridized carbons (Fsp3) is 0.200. The molecule has 0 spiro atoms. The van der Waals surface area contributed by atoms with Crippen molar-refractivity contribution in [3.05, 3.63) is 59.3 Å². The maximum absolute atomic E-state index is 13.7. The molecule has 1 amide bonds. The number of aromatic amines is 1. The molecular formula is C20H19F2N3O4. The number of methoxy groups -OCH3 is 3. The van der Waals surface area contributed by atoms with Crippen LogP contribution < -0.4 is 19.5 Å². The van der Waals surface area contributed by atoms with Gasteiger partial charge in [-0.3, -0.25) is 9.89 Å². The molecule has 1 heterocycles. The van der Waals surface area contributed by atoms with Gasteiger partial charge in [-0.25, -0.2) is 8.78 Å². The number of nitrogens with zero attached hydrogens (tertiary/aromatic N) is 1. The Balaban J connectivity index is 1.79. The molecule has 0 unspecified atom stereocenters. The molecule has 0 aliphatic heterocycles. The lowest BCUT2D eigenvalue weighted by Gasteiger charge is -2.13. The topological polar surface area (TPSA) is 85.5 Å². The molecule has 0 bridgehead atoms. The molecule has 0 saturated carbocycles. The van der Waals surface area contributed by atoms with Crippen LogP contribution in [0.15, 0.2) is 36.4 Å². The Labute approximate surface area is 165 Å². The first-order valence-corrected chi connectivity index (χ1v) is 8.54. The first-order valence-electron chi connectivity index (χ1n) is 8.54. The number of carbonyl (C=O) groups is 1. The molecule has 29 heavy (non-hydrogen) atoms. The van der Waals surface area contributed by atoms with Crippen LogP contribution in [0.25, 0.3) is 11.3 Å².